The molecule has 0 bridgehead atoms. The van der Waals surface area contributed by atoms with Crippen LogP contribution in [0, 0.1) is 0 Å². The lowest BCUT2D eigenvalue weighted by molar-refractivity contribution is 0.0954. The number of aromatic hydroxyl groups is 2. The van der Waals surface area contributed by atoms with E-state index in [0.29, 0.717) is 10.8 Å². The Morgan fingerprint density at radius 2 is 1.83 bits per heavy atom. The van der Waals surface area contributed by atoms with Gasteiger partial charge in [0.15, 0.2) is 0 Å². The van der Waals surface area contributed by atoms with Crippen molar-refractivity contribution in [2.24, 2.45) is 5.10 Å². The van der Waals surface area contributed by atoms with E-state index in [-0.39, 0.29) is 22.8 Å². The molecule has 0 fully saturated rings. The molecular weight excluding hydrogens is 310 g/mol. The monoisotopic (exact) mass is 323 g/mol. The van der Waals surface area contributed by atoms with E-state index >= 15 is 0 Å². The predicted molar refractivity (Wildman–Crippen MR) is 89.4 cm³/mol. The van der Waals surface area contributed by atoms with Crippen LogP contribution in [0.2, 0.25) is 0 Å². The van der Waals surface area contributed by atoms with E-state index in [1.54, 1.807) is 24.3 Å². The summed E-state index contributed by atoms with van der Waals surface area (Å²) in [6.45, 7) is 0. The smallest absolute Gasteiger partial charge is 0.271 e. The molecule has 24 heavy (non-hydrogen) atoms. The van der Waals surface area contributed by atoms with Crippen molar-refractivity contribution in [3.8, 4) is 11.6 Å². The molecule has 7 nitrogen and oxygen atoms in total. The van der Waals surface area contributed by atoms with Gasteiger partial charge in [0.2, 0.25) is 5.88 Å². The number of pyridine rings is 1. The third-order valence-corrected chi connectivity index (χ3v) is 3.42. The summed E-state index contributed by atoms with van der Waals surface area (Å²) < 4.78 is 0. The lowest BCUT2D eigenvalue weighted by Crippen LogP contribution is -2.17. The van der Waals surface area contributed by atoms with E-state index in [9.17, 15) is 19.8 Å². The lowest BCUT2D eigenvalue weighted by Gasteiger charge is -2.04. The van der Waals surface area contributed by atoms with Crippen LogP contribution in [0.5, 0.6) is 11.6 Å². The number of hydrazone groups is 1. The highest BCUT2D eigenvalue weighted by Gasteiger charge is 2.09. The standard InChI is InChI=1S/C17H13N3O4/c21-11-5-3-4-10(8-11)15(22)20-18-9-14-12-6-1-2-7-13(12)16(23)19-17(14)24/h1-9,21H,(H,20,22)(H2,19,23,24). The third-order valence-electron chi connectivity index (χ3n) is 3.42. The molecule has 2 aromatic carbocycles. The topological polar surface area (TPSA) is 115 Å². The zero-order chi connectivity index (χ0) is 17.1. The van der Waals surface area contributed by atoms with E-state index < -0.39 is 11.5 Å². The van der Waals surface area contributed by atoms with E-state index in [1.165, 1.54) is 30.5 Å². The van der Waals surface area contributed by atoms with Gasteiger partial charge in [0.05, 0.1) is 11.8 Å². The Kier molecular flexibility index (Phi) is 3.98. The number of aromatic nitrogens is 1. The minimum absolute atomic E-state index is 0.0316. The quantitative estimate of drug-likeness (QED) is 0.434. The van der Waals surface area contributed by atoms with Gasteiger partial charge in [0.1, 0.15) is 5.75 Å². The molecule has 4 N–H and O–H groups in total. The molecule has 1 heterocycles. The van der Waals surface area contributed by atoms with Crippen LogP contribution in [0.1, 0.15) is 15.9 Å². The van der Waals surface area contributed by atoms with Crippen molar-refractivity contribution in [3.05, 3.63) is 70.0 Å². The summed E-state index contributed by atoms with van der Waals surface area (Å²) in [5, 5.41) is 24.0. The maximum absolute atomic E-state index is 11.9. The number of rotatable bonds is 3. The molecule has 0 saturated heterocycles. The van der Waals surface area contributed by atoms with Crippen molar-refractivity contribution in [1.29, 1.82) is 0 Å². The van der Waals surface area contributed by atoms with Gasteiger partial charge in [0, 0.05) is 16.3 Å². The van der Waals surface area contributed by atoms with Crippen LogP contribution in [0.25, 0.3) is 10.8 Å². The van der Waals surface area contributed by atoms with Crippen LogP contribution in [-0.2, 0) is 0 Å². The number of phenolic OH excluding ortho intramolecular Hbond substituents is 1. The fourth-order valence-corrected chi connectivity index (χ4v) is 2.28. The summed E-state index contributed by atoms with van der Waals surface area (Å²) in [4.78, 5) is 26.1. The van der Waals surface area contributed by atoms with Crippen molar-refractivity contribution >= 4 is 22.9 Å². The van der Waals surface area contributed by atoms with Crippen LogP contribution in [0.15, 0.2) is 58.4 Å². The largest absolute Gasteiger partial charge is 0.508 e. The molecule has 0 aliphatic heterocycles. The summed E-state index contributed by atoms with van der Waals surface area (Å²) in [7, 11) is 0. The van der Waals surface area contributed by atoms with Crippen molar-refractivity contribution in [2.75, 3.05) is 0 Å². The second kappa shape index (κ2) is 6.25. The number of fused-ring (bicyclic) bond motifs is 1. The number of benzene rings is 2. The first kappa shape index (κ1) is 15.3. The molecule has 0 radical (unpaired) electrons. The van der Waals surface area contributed by atoms with Crippen LogP contribution in [-0.4, -0.2) is 27.3 Å². The zero-order valence-electron chi connectivity index (χ0n) is 12.4. The highest BCUT2D eigenvalue weighted by atomic mass is 16.3. The number of H-pyrrole nitrogens is 1. The van der Waals surface area contributed by atoms with Gasteiger partial charge in [-0.25, -0.2) is 5.43 Å². The van der Waals surface area contributed by atoms with Gasteiger partial charge in [-0.15, -0.1) is 0 Å². The number of nitrogens with one attached hydrogen (secondary N) is 2. The maximum atomic E-state index is 11.9. The first-order valence-corrected chi connectivity index (χ1v) is 7.02. The number of aromatic amines is 1. The first-order valence-electron chi connectivity index (χ1n) is 7.02. The Morgan fingerprint density at radius 3 is 2.58 bits per heavy atom. The van der Waals surface area contributed by atoms with E-state index in [1.807, 2.05) is 0 Å². The molecule has 0 atom stereocenters. The highest BCUT2D eigenvalue weighted by Crippen LogP contribution is 2.20. The first-order chi connectivity index (χ1) is 11.6. The van der Waals surface area contributed by atoms with E-state index in [4.69, 9.17) is 0 Å². The van der Waals surface area contributed by atoms with Crippen LogP contribution < -0.4 is 11.0 Å². The van der Waals surface area contributed by atoms with Crippen LogP contribution in [0.3, 0.4) is 0 Å². The second-order valence-corrected chi connectivity index (χ2v) is 5.01. The fraction of sp³-hybridized carbons (Fsp3) is 0. The molecule has 7 heteroatoms. The summed E-state index contributed by atoms with van der Waals surface area (Å²) in [6.07, 6.45) is 1.24. The zero-order valence-corrected chi connectivity index (χ0v) is 12.4. The Balaban J connectivity index is 1.89. The molecule has 3 aromatic rings. The number of carbonyl (C=O) groups excluding carboxylic acids is 1. The predicted octanol–water partition coefficient (Wildman–Crippen LogP) is 1.70. The highest BCUT2D eigenvalue weighted by molar-refractivity contribution is 6.02. The van der Waals surface area contributed by atoms with Gasteiger partial charge in [0.25, 0.3) is 11.5 Å². The summed E-state index contributed by atoms with van der Waals surface area (Å²) >= 11 is 0. The van der Waals surface area contributed by atoms with Gasteiger partial charge >= 0.3 is 0 Å². The van der Waals surface area contributed by atoms with Gasteiger partial charge in [-0.2, -0.15) is 5.10 Å². The molecular formula is C17H13N3O4. The number of nitrogens with zero attached hydrogens (tertiary/aromatic N) is 1. The number of hydrogen-bond donors (Lipinski definition) is 4. The van der Waals surface area contributed by atoms with Crippen molar-refractivity contribution in [3.63, 3.8) is 0 Å². The minimum Gasteiger partial charge on any atom is -0.508 e. The fourth-order valence-electron chi connectivity index (χ4n) is 2.28. The summed E-state index contributed by atoms with van der Waals surface area (Å²) in [6, 6.07) is 12.5. The SMILES string of the molecule is O=C(NN=Cc1c(O)[nH]c(=O)c2ccccc12)c1cccc(O)c1. The second-order valence-electron chi connectivity index (χ2n) is 5.01. The molecule has 0 aliphatic carbocycles. The van der Waals surface area contributed by atoms with Gasteiger partial charge < -0.3 is 10.2 Å². The van der Waals surface area contributed by atoms with Crippen molar-refractivity contribution < 1.29 is 15.0 Å². The Labute approximate surface area is 135 Å². The average molecular weight is 323 g/mol. The Bertz CT molecular complexity index is 1010. The number of phenols is 1. The molecule has 0 saturated carbocycles. The average Bonchev–Trinajstić information content (AvgIpc) is 2.57. The van der Waals surface area contributed by atoms with Crippen molar-refractivity contribution in [1.82, 2.24) is 10.4 Å². The Hall–Kier alpha value is -3.61. The van der Waals surface area contributed by atoms with E-state index in [2.05, 4.69) is 15.5 Å². The van der Waals surface area contributed by atoms with Crippen LogP contribution in [0.4, 0.5) is 0 Å². The number of hydrogen-bond acceptors (Lipinski definition) is 5. The van der Waals surface area contributed by atoms with E-state index in [0.717, 1.165) is 0 Å². The lowest BCUT2D eigenvalue weighted by atomic mass is 10.1. The molecule has 1 aromatic heterocycles. The van der Waals surface area contributed by atoms with Gasteiger partial charge in [-0.1, -0.05) is 24.3 Å². The molecule has 0 spiro atoms. The summed E-state index contributed by atoms with van der Waals surface area (Å²) in [5.74, 6) is -0.889. The number of carbonyl (C=O) groups is 1. The summed E-state index contributed by atoms with van der Waals surface area (Å²) in [5.41, 5.74) is 2.40. The van der Waals surface area contributed by atoms with Crippen LogP contribution >= 0.6 is 0 Å². The normalized spacial score (nSPS) is 11.0. The minimum atomic E-state index is -0.518. The molecule has 120 valence electrons. The molecule has 0 aliphatic rings. The Morgan fingerprint density at radius 1 is 1.08 bits per heavy atom. The third kappa shape index (κ3) is 2.95. The van der Waals surface area contributed by atoms with Gasteiger partial charge in [-0.3, -0.25) is 14.6 Å². The molecule has 1 amide bonds. The van der Waals surface area contributed by atoms with Gasteiger partial charge in [-0.05, 0) is 24.3 Å². The van der Waals surface area contributed by atoms with Crippen molar-refractivity contribution in [2.45, 2.75) is 0 Å². The maximum Gasteiger partial charge on any atom is 0.271 e. The molecule has 3 rings (SSSR count). The molecule has 0 unspecified atom stereocenters. The number of amides is 1.